The third-order valence-electron chi connectivity index (χ3n) is 5.76. The first-order valence-corrected chi connectivity index (χ1v) is 10.5. The van der Waals surface area contributed by atoms with Crippen molar-refractivity contribution in [3.8, 4) is 0 Å². The highest BCUT2D eigenvalue weighted by Gasteiger charge is 2.52. The van der Waals surface area contributed by atoms with E-state index in [1.165, 1.54) is 6.92 Å². The van der Waals surface area contributed by atoms with E-state index >= 15 is 0 Å². The van der Waals surface area contributed by atoms with Crippen molar-refractivity contribution >= 4 is 29.5 Å². The zero-order valence-corrected chi connectivity index (χ0v) is 17.7. The summed E-state index contributed by atoms with van der Waals surface area (Å²) in [6, 6.07) is 7.01. The maximum absolute atomic E-state index is 12.6. The third-order valence-corrected chi connectivity index (χ3v) is 5.76. The number of carbonyl (C=O) groups excluding carboxylic acids is 4. The molecule has 3 rings (SSSR count). The summed E-state index contributed by atoms with van der Waals surface area (Å²) in [6.07, 6.45) is 1.91. The van der Waals surface area contributed by atoms with Gasteiger partial charge in [-0.2, -0.15) is 0 Å². The van der Waals surface area contributed by atoms with Crippen molar-refractivity contribution in [2.24, 2.45) is 0 Å². The standard InChI is InChI=1S/C22H29N3O5/c1-14(2)16-6-8-17(9-7-16)23-19(27)15(3)30-18(26)10-13-25-20(28)22(24-21(25)29)11-4-5-12-22/h6-9,14-15H,4-5,10-13H2,1-3H3,(H,23,27)(H,24,29)/t15-/m0/s1. The van der Waals surface area contributed by atoms with Crippen molar-refractivity contribution in [2.45, 2.75) is 70.4 Å². The van der Waals surface area contributed by atoms with Gasteiger partial charge < -0.3 is 15.4 Å². The molecule has 0 radical (unpaired) electrons. The average molecular weight is 415 g/mol. The van der Waals surface area contributed by atoms with Crippen molar-refractivity contribution in [1.82, 2.24) is 10.2 Å². The van der Waals surface area contributed by atoms with E-state index in [-0.39, 0.29) is 18.9 Å². The molecule has 1 saturated heterocycles. The molecule has 1 heterocycles. The molecule has 8 nitrogen and oxygen atoms in total. The second kappa shape index (κ2) is 8.85. The molecule has 1 aromatic carbocycles. The number of urea groups is 1. The van der Waals surface area contributed by atoms with E-state index < -0.39 is 29.6 Å². The molecular weight excluding hydrogens is 386 g/mol. The Morgan fingerprint density at radius 2 is 1.77 bits per heavy atom. The van der Waals surface area contributed by atoms with E-state index in [1.54, 1.807) is 12.1 Å². The van der Waals surface area contributed by atoms with E-state index in [0.717, 1.165) is 23.3 Å². The Morgan fingerprint density at radius 3 is 2.37 bits per heavy atom. The Labute approximate surface area is 176 Å². The number of esters is 1. The first kappa shape index (κ1) is 21.8. The van der Waals surface area contributed by atoms with Gasteiger partial charge in [0.25, 0.3) is 11.8 Å². The number of amides is 4. The zero-order valence-electron chi connectivity index (χ0n) is 17.7. The van der Waals surface area contributed by atoms with Gasteiger partial charge in [-0.3, -0.25) is 19.3 Å². The van der Waals surface area contributed by atoms with Crippen LogP contribution in [0, 0.1) is 0 Å². The highest BCUT2D eigenvalue weighted by Crippen LogP contribution is 2.35. The van der Waals surface area contributed by atoms with Crippen molar-refractivity contribution in [3.05, 3.63) is 29.8 Å². The molecule has 4 amide bonds. The number of anilines is 1. The van der Waals surface area contributed by atoms with E-state index in [9.17, 15) is 19.2 Å². The normalized spacial score (nSPS) is 18.6. The fraction of sp³-hybridized carbons (Fsp3) is 0.545. The largest absolute Gasteiger partial charge is 0.452 e. The van der Waals surface area contributed by atoms with E-state index in [4.69, 9.17) is 4.74 Å². The van der Waals surface area contributed by atoms with Gasteiger partial charge in [-0.1, -0.05) is 38.8 Å². The molecule has 2 N–H and O–H groups in total. The predicted octanol–water partition coefficient (Wildman–Crippen LogP) is 2.93. The number of imide groups is 1. The molecule has 1 aliphatic carbocycles. The number of hydrogen-bond donors (Lipinski definition) is 2. The van der Waals surface area contributed by atoms with Crippen molar-refractivity contribution in [3.63, 3.8) is 0 Å². The summed E-state index contributed by atoms with van der Waals surface area (Å²) >= 11 is 0. The number of ether oxygens (including phenoxy) is 1. The Bertz CT molecular complexity index is 828. The highest BCUT2D eigenvalue weighted by molar-refractivity contribution is 6.07. The monoisotopic (exact) mass is 415 g/mol. The number of nitrogens with zero attached hydrogens (tertiary/aromatic N) is 1. The maximum Gasteiger partial charge on any atom is 0.325 e. The van der Waals surface area contributed by atoms with Crippen molar-refractivity contribution in [2.75, 3.05) is 11.9 Å². The smallest absolute Gasteiger partial charge is 0.325 e. The molecule has 1 aliphatic heterocycles. The van der Waals surface area contributed by atoms with Crippen LogP contribution in [0.5, 0.6) is 0 Å². The SMILES string of the molecule is CC(C)c1ccc(NC(=O)[C@H](C)OC(=O)CCN2C(=O)NC3(CCCC3)C2=O)cc1. The molecule has 1 atom stereocenters. The molecule has 1 spiro atoms. The van der Waals surface area contributed by atoms with Gasteiger partial charge in [-0.25, -0.2) is 4.79 Å². The van der Waals surface area contributed by atoms with E-state index in [0.29, 0.717) is 24.4 Å². The minimum Gasteiger partial charge on any atom is -0.452 e. The molecule has 0 aromatic heterocycles. The van der Waals surface area contributed by atoms with Crippen LogP contribution in [0.4, 0.5) is 10.5 Å². The fourth-order valence-corrected chi connectivity index (χ4v) is 3.90. The van der Waals surface area contributed by atoms with E-state index in [2.05, 4.69) is 24.5 Å². The number of hydrogen-bond acceptors (Lipinski definition) is 5. The summed E-state index contributed by atoms with van der Waals surface area (Å²) in [5.74, 6) is -0.961. The molecule has 2 aliphatic rings. The minimum atomic E-state index is -0.994. The number of nitrogens with one attached hydrogen (secondary N) is 2. The summed E-state index contributed by atoms with van der Waals surface area (Å²) < 4.78 is 5.17. The van der Waals surface area contributed by atoms with Crippen LogP contribution in [0.2, 0.25) is 0 Å². The molecule has 30 heavy (non-hydrogen) atoms. The van der Waals surface area contributed by atoms with Gasteiger partial charge in [0.1, 0.15) is 5.54 Å². The van der Waals surface area contributed by atoms with Crippen LogP contribution in [0.15, 0.2) is 24.3 Å². The van der Waals surface area contributed by atoms with Gasteiger partial charge in [0, 0.05) is 12.2 Å². The second-order valence-corrected chi connectivity index (χ2v) is 8.32. The zero-order chi connectivity index (χ0) is 21.9. The molecule has 0 unspecified atom stereocenters. The van der Waals surface area contributed by atoms with Gasteiger partial charge >= 0.3 is 12.0 Å². The summed E-state index contributed by atoms with van der Waals surface area (Å²) in [4.78, 5) is 50.2. The Morgan fingerprint density at radius 1 is 1.13 bits per heavy atom. The van der Waals surface area contributed by atoms with Crippen LogP contribution >= 0.6 is 0 Å². The van der Waals surface area contributed by atoms with Crippen molar-refractivity contribution < 1.29 is 23.9 Å². The number of benzene rings is 1. The van der Waals surface area contributed by atoms with Crippen LogP contribution < -0.4 is 10.6 Å². The lowest BCUT2D eigenvalue weighted by molar-refractivity contribution is -0.153. The maximum atomic E-state index is 12.6. The van der Waals surface area contributed by atoms with Crippen LogP contribution in [0.1, 0.15) is 64.4 Å². The summed E-state index contributed by atoms with van der Waals surface area (Å²) in [5, 5.41) is 5.48. The molecular formula is C22H29N3O5. The van der Waals surface area contributed by atoms with Crippen LogP contribution in [0.3, 0.4) is 0 Å². The highest BCUT2D eigenvalue weighted by atomic mass is 16.5. The Kier molecular flexibility index (Phi) is 6.43. The van der Waals surface area contributed by atoms with E-state index in [1.807, 2.05) is 12.1 Å². The summed E-state index contributed by atoms with van der Waals surface area (Å²) in [5.41, 5.74) is 0.986. The molecule has 0 bridgehead atoms. The van der Waals surface area contributed by atoms with Gasteiger partial charge in [0.15, 0.2) is 6.10 Å². The predicted molar refractivity (Wildman–Crippen MR) is 111 cm³/mol. The van der Waals surface area contributed by atoms with Crippen LogP contribution in [-0.4, -0.2) is 46.9 Å². The van der Waals surface area contributed by atoms with Gasteiger partial charge in [0.05, 0.1) is 6.42 Å². The topological polar surface area (TPSA) is 105 Å². The lowest BCUT2D eigenvalue weighted by atomic mass is 9.98. The fourth-order valence-electron chi connectivity index (χ4n) is 3.90. The quantitative estimate of drug-likeness (QED) is 0.526. The average Bonchev–Trinajstić information content (AvgIpc) is 3.26. The van der Waals surface area contributed by atoms with Crippen LogP contribution in [0.25, 0.3) is 0 Å². The lowest BCUT2D eigenvalue weighted by Crippen LogP contribution is -2.44. The Hall–Kier alpha value is -2.90. The molecule has 1 aromatic rings. The third kappa shape index (κ3) is 4.63. The lowest BCUT2D eigenvalue weighted by Gasteiger charge is -2.20. The second-order valence-electron chi connectivity index (χ2n) is 8.32. The minimum absolute atomic E-state index is 0.0593. The molecule has 162 valence electrons. The molecule has 8 heteroatoms. The van der Waals surface area contributed by atoms with Gasteiger partial charge in [-0.05, 0) is 43.4 Å². The molecule has 1 saturated carbocycles. The van der Waals surface area contributed by atoms with Crippen LogP contribution in [-0.2, 0) is 19.1 Å². The number of rotatable bonds is 7. The van der Waals surface area contributed by atoms with Gasteiger partial charge in [-0.15, -0.1) is 0 Å². The number of carbonyl (C=O) groups is 4. The van der Waals surface area contributed by atoms with Crippen molar-refractivity contribution in [1.29, 1.82) is 0 Å². The van der Waals surface area contributed by atoms with Gasteiger partial charge in [0.2, 0.25) is 0 Å². The first-order chi connectivity index (χ1) is 14.2. The first-order valence-electron chi connectivity index (χ1n) is 10.5. The Balaban J connectivity index is 1.46. The summed E-state index contributed by atoms with van der Waals surface area (Å²) in [7, 11) is 0. The molecule has 2 fully saturated rings. The summed E-state index contributed by atoms with van der Waals surface area (Å²) in [6.45, 7) is 5.59.